The average Bonchev–Trinajstić information content (AvgIpc) is 2.62. The van der Waals surface area contributed by atoms with Gasteiger partial charge in [-0.15, -0.1) is 0 Å². The van der Waals surface area contributed by atoms with Gasteiger partial charge >= 0.3 is 6.09 Å². The molecule has 0 radical (unpaired) electrons. The van der Waals surface area contributed by atoms with Gasteiger partial charge < -0.3 is 10.1 Å². The van der Waals surface area contributed by atoms with E-state index in [2.05, 4.69) is 10.6 Å². The third-order valence-electron chi connectivity index (χ3n) is 4.30. The first-order valence-corrected chi connectivity index (χ1v) is 9.64. The lowest BCUT2D eigenvalue weighted by molar-refractivity contribution is -0.116. The molecule has 2 aromatic rings. The lowest BCUT2D eigenvalue weighted by atomic mass is 10.0. The number of halogens is 1. The quantitative estimate of drug-likeness (QED) is 0.621. The Kier molecular flexibility index (Phi) is 7.32. The van der Waals surface area contributed by atoms with Crippen LogP contribution in [-0.2, 0) is 9.53 Å². The number of carbonyl (C=O) groups excluding carboxylic acids is 3. The standard InChI is InChI=1S/C23H27FN2O4/c1-14-6-7-16(12-15(14)2)20(27)10-11-21(28)25-19-13-17(24)8-9-18(19)26-22(29)30-23(3,4)5/h6-9,12-13H,10-11H2,1-5H3,(H,25,28)(H,26,29). The molecular formula is C23H27FN2O4. The number of nitrogens with one attached hydrogen (secondary N) is 2. The number of hydrogen-bond acceptors (Lipinski definition) is 4. The molecule has 2 aromatic carbocycles. The molecule has 0 atom stereocenters. The van der Waals surface area contributed by atoms with Crippen molar-refractivity contribution in [2.45, 2.75) is 53.1 Å². The summed E-state index contributed by atoms with van der Waals surface area (Å²) >= 11 is 0. The summed E-state index contributed by atoms with van der Waals surface area (Å²) in [7, 11) is 0. The Bertz CT molecular complexity index is 964. The van der Waals surface area contributed by atoms with E-state index in [0.29, 0.717) is 5.56 Å². The fraction of sp³-hybridized carbons (Fsp3) is 0.348. The fourth-order valence-corrected chi connectivity index (χ4v) is 2.64. The van der Waals surface area contributed by atoms with Gasteiger partial charge in [-0.3, -0.25) is 14.9 Å². The molecule has 2 amide bonds. The number of anilines is 2. The van der Waals surface area contributed by atoms with Crippen molar-refractivity contribution in [1.29, 1.82) is 0 Å². The van der Waals surface area contributed by atoms with Gasteiger partial charge in [0.1, 0.15) is 11.4 Å². The van der Waals surface area contributed by atoms with E-state index in [1.165, 1.54) is 6.07 Å². The second kappa shape index (κ2) is 9.52. The number of aryl methyl sites for hydroxylation is 2. The minimum atomic E-state index is -0.727. The predicted octanol–water partition coefficient (Wildman–Crippen LogP) is 5.39. The van der Waals surface area contributed by atoms with Crippen molar-refractivity contribution in [3.05, 3.63) is 58.9 Å². The van der Waals surface area contributed by atoms with E-state index in [0.717, 1.165) is 23.3 Å². The second-order valence-electron chi connectivity index (χ2n) is 8.09. The summed E-state index contributed by atoms with van der Waals surface area (Å²) in [5.41, 5.74) is 2.21. The van der Waals surface area contributed by atoms with Gasteiger partial charge in [0.2, 0.25) is 5.91 Å². The Hall–Kier alpha value is -3.22. The Labute approximate surface area is 175 Å². The summed E-state index contributed by atoms with van der Waals surface area (Å²) in [4.78, 5) is 36.7. The molecule has 2 N–H and O–H groups in total. The highest BCUT2D eigenvalue weighted by Gasteiger charge is 2.18. The van der Waals surface area contributed by atoms with Crippen LogP contribution in [-0.4, -0.2) is 23.4 Å². The Balaban J connectivity index is 2.01. The first kappa shape index (κ1) is 23.1. The van der Waals surface area contributed by atoms with Crippen LogP contribution in [0.4, 0.5) is 20.6 Å². The van der Waals surface area contributed by atoms with Crippen LogP contribution in [0, 0.1) is 19.7 Å². The topological polar surface area (TPSA) is 84.5 Å². The molecule has 0 aromatic heterocycles. The SMILES string of the molecule is Cc1ccc(C(=O)CCC(=O)Nc2cc(F)ccc2NC(=O)OC(C)(C)C)cc1C. The maximum Gasteiger partial charge on any atom is 0.412 e. The molecule has 0 unspecified atom stereocenters. The zero-order valence-electron chi connectivity index (χ0n) is 17.9. The summed E-state index contributed by atoms with van der Waals surface area (Å²) in [5.74, 6) is -1.20. The molecule has 0 saturated heterocycles. The van der Waals surface area contributed by atoms with Crippen LogP contribution in [0.5, 0.6) is 0 Å². The maximum atomic E-state index is 13.7. The lowest BCUT2D eigenvalue weighted by Crippen LogP contribution is -2.27. The lowest BCUT2D eigenvalue weighted by Gasteiger charge is -2.20. The van der Waals surface area contributed by atoms with Crippen LogP contribution in [0.15, 0.2) is 36.4 Å². The third kappa shape index (κ3) is 6.99. The van der Waals surface area contributed by atoms with Crippen molar-refractivity contribution < 1.29 is 23.5 Å². The highest BCUT2D eigenvalue weighted by atomic mass is 19.1. The van der Waals surface area contributed by atoms with Gasteiger partial charge in [-0.2, -0.15) is 0 Å². The Morgan fingerprint density at radius 1 is 0.900 bits per heavy atom. The van der Waals surface area contributed by atoms with Crippen molar-refractivity contribution in [3.63, 3.8) is 0 Å². The van der Waals surface area contributed by atoms with Crippen molar-refractivity contribution >= 4 is 29.2 Å². The number of carbonyl (C=O) groups is 3. The molecule has 0 saturated carbocycles. The van der Waals surface area contributed by atoms with E-state index in [1.54, 1.807) is 32.9 Å². The minimum Gasteiger partial charge on any atom is -0.444 e. The van der Waals surface area contributed by atoms with E-state index in [4.69, 9.17) is 4.74 Å². The summed E-state index contributed by atoms with van der Waals surface area (Å²) in [6, 6.07) is 8.98. The highest BCUT2D eigenvalue weighted by molar-refractivity contribution is 6.02. The normalized spacial score (nSPS) is 11.0. The van der Waals surface area contributed by atoms with Gasteiger partial charge in [0.15, 0.2) is 5.78 Å². The van der Waals surface area contributed by atoms with Crippen LogP contribution < -0.4 is 10.6 Å². The van der Waals surface area contributed by atoms with Gasteiger partial charge in [0, 0.05) is 18.4 Å². The fourth-order valence-electron chi connectivity index (χ4n) is 2.64. The molecule has 160 valence electrons. The van der Waals surface area contributed by atoms with Gasteiger partial charge in [-0.05, 0) is 70.0 Å². The predicted molar refractivity (Wildman–Crippen MR) is 114 cm³/mol. The largest absolute Gasteiger partial charge is 0.444 e. The monoisotopic (exact) mass is 414 g/mol. The number of ketones is 1. The van der Waals surface area contributed by atoms with Gasteiger partial charge in [0.05, 0.1) is 11.4 Å². The van der Waals surface area contributed by atoms with Crippen molar-refractivity contribution in [2.24, 2.45) is 0 Å². The molecule has 0 bridgehead atoms. The molecule has 0 spiro atoms. The molecule has 0 aliphatic carbocycles. The molecule has 0 fully saturated rings. The van der Waals surface area contributed by atoms with Gasteiger partial charge in [-0.1, -0.05) is 12.1 Å². The zero-order valence-corrected chi connectivity index (χ0v) is 17.9. The van der Waals surface area contributed by atoms with Gasteiger partial charge in [-0.25, -0.2) is 9.18 Å². The number of benzene rings is 2. The molecule has 0 aliphatic rings. The third-order valence-corrected chi connectivity index (χ3v) is 4.30. The summed E-state index contributed by atoms with van der Waals surface area (Å²) in [6.45, 7) is 9.02. The van der Waals surface area contributed by atoms with E-state index in [9.17, 15) is 18.8 Å². The maximum absolute atomic E-state index is 13.7. The summed E-state index contributed by atoms with van der Waals surface area (Å²) in [5, 5.41) is 5.04. The molecule has 30 heavy (non-hydrogen) atoms. The van der Waals surface area contributed by atoms with E-state index in [-0.39, 0.29) is 30.0 Å². The van der Waals surface area contributed by atoms with Crippen LogP contribution in [0.3, 0.4) is 0 Å². The number of rotatable bonds is 6. The van der Waals surface area contributed by atoms with Crippen LogP contribution in [0.2, 0.25) is 0 Å². The van der Waals surface area contributed by atoms with Gasteiger partial charge in [0.25, 0.3) is 0 Å². The molecule has 0 heterocycles. The first-order valence-electron chi connectivity index (χ1n) is 9.64. The molecule has 0 aliphatic heterocycles. The summed E-state index contributed by atoms with van der Waals surface area (Å²) in [6.07, 6.45) is -0.790. The van der Waals surface area contributed by atoms with E-state index >= 15 is 0 Å². The van der Waals surface area contributed by atoms with Crippen molar-refractivity contribution in [2.75, 3.05) is 10.6 Å². The molecule has 7 heteroatoms. The first-order chi connectivity index (χ1) is 13.9. The number of hydrogen-bond donors (Lipinski definition) is 2. The van der Waals surface area contributed by atoms with Crippen LogP contribution in [0.1, 0.15) is 55.1 Å². The number of ether oxygens (including phenoxy) is 1. The summed E-state index contributed by atoms with van der Waals surface area (Å²) < 4.78 is 18.8. The smallest absolute Gasteiger partial charge is 0.412 e. The molecule has 2 rings (SSSR count). The Morgan fingerprint density at radius 2 is 1.60 bits per heavy atom. The highest BCUT2D eigenvalue weighted by Crippen LogP contribution is 2.24. The number of amides is 2. The van der Waals surface area contributed by atoms with Crippen LogP contribution >= 0.6 is 0 Å². The second-order valence-corrected chi connectivity index (χ2v) is 8.09. The van der Waals surface area contributed by atoms with Crippen molar-refractivity contribution in [3.8, 4) is 0 Å². The minimum absolute atomic E-state index is 0.0124. The average molecular weight is 414 g/mol. The number of Topliss-reactive ketones (excluding diaryl/α,β-unsaturated/α-hetero) is 1. The van der Waals surface area contributed by atoms with E-state index in [1.807, 2.05) is 19.9 Å². The van der Waals surface area contributed by atoms with E-state index < -0.39 is 23.4 Å². The molecular weight excluding hydrogens is 387 g/mol. The molecule has 6 nitrogen and oxygen atoms in total. The van der Waals surface area contributed by atoms with Crippen LogP contribution in [0.25, 0.3) is 0 Å². The zero-order chi connectivity index (χ0) is 22.5. The Morgan fingerprint density at radius 3 is 2.23 bits per heavy atom. The van der Waals surface area contributed by atoms with Crippen molar-refractivity contribution in [1.82, 2.24) is 0 Å².